The van der Waals surface area contributed by atoms with Crippen molar-refractivity contribution in [1.82, 2.24) is 15.1 Å². The third kappa shape index (κ3) is 5.76. The fraction of sp³-hybridized carbons (Fsp3) is 0.412. The molecule has 0 spiro atoms. The zero-order valence-corrected chi connectivity index (χ0v) is 24.5. The van der Waals surface area contributed by atoms with Gasteiger partial charge < -0.3 is 15.1 Å². The van der Waals surface area contributed by atoms with Crippen molar-refractivity contribution in [2.45, 2.75) is 71.0 Å². The first-order chi connectivity index (χ1) is 19.4. The normalized spacial score (nSPS) is 19.5. The Morgan fingerprint density at radius 1 is 0.902 bits per heavy atom. The predicted molar refractivity (Wildman–Crippen MR) is 160 cm³/mol. The van der Waals surface area contributed by atoms with Crippen LogP contribution in [0.15, 0.2) is 66.7 Å². The summed E-state index contributed by atoms with van der Waals surface area (Å²) in [5.74, 6) is -0.763. The van der Waals surface area contributed by atoms with Crippen molar-refractivity contribution in [2.24, 2.45) is 5.92 Å². The number of hydrogen-bond acceptors (Lipinski definition) is 4. The smallest absolute Gasteiger partial charge is 0.254 e. The Hall–Kier alpha value is -4.00. The average molecular weight is 554 g/mol. The molecule has 7 nitrogen and oxygen atoms in total. The number of fused-ring (bicyclic) bond motifs is 2. The van der Waals surface area contributed by atoms with E-state index in [2.05, 4.69) is 26.1 Å². The second-order valence-corrected chi connectivity index (χ2v) is 12.8. The van der Waals surface area contributed by atoms with Gasteiger partial charge in [-0.15, -0.1) is 0 Å². The molecule has 0 aliphatic carbocycles. The van der Waals surface area contributed by atoms with Crippen LogP contribution in [0.5, 0.6) is 0 Å². The molecule has 1 unspecified atom stereocenters. The van der Waals surface area contributed by atoms with Gasteiger partial charge in [-0.2, -0.15) is 0 Å². The number of carbonyl (C=O) groups excluding carboxylic acids is 4. The zero-order valence-electron chi connectivity index (χ0n) is 24.5. The monoisotopic (exact) mass is 553 g/mol. The van der Waals surface area contributed by atoms with Crippen molar-refractivity contribution < 1.29 is 19.2 Å². The van der Waals surface area contributed by atoms with E-state index in [0.717, 1.165) is 16.3 Å². The van der Waals surface area contributed by atoms with Gasteiger partial charge in [0.2, 0.25) is 5.91 Å². The number of rotatable bonds is 6. The van der Waals surface area contributed by atoms with Gasteiger partial charge in [-0.05, 0) is 64.8 Å². The van der Waals surface area contributed by atoms with Crippen LogP contribution in [0, 0.1) is 5.92 Å². The fourth-order valence-electron chi connectivity index (χ4n) is 6.08. The molecule has 7 heteroatoms. The number of hydrogen-bond donors (Lipinski definition) is 1. The van der Waals surface area contributed by atoms with E-state index in [-0.39, 0.29) is 47.4 Å². The molecule has 0 saturated carbocycles. The number of benzene rings is 3. The Morgan fingerprint density at radius 3 is 2.22 bits per heavy atom. The first-order valence-corrected chi connectivity index (χ1v) is 14.5. The van der Waals surface area contributed by atoms with Crippen LogP contribution >= 0.6 is 0 Å². The van der Waals surface area contributed by atoms with Crippen LogP contribution in [0.1, 0.15) is 73.7 Å². The number of Topliss-reactive ketones (excluding diaryl/α,β-unsaturated/α-hetero) is 1. The molecule has 0 bridgehead atoms. The van der Waals surface area contributed by atoms with Crippen molar-refractivity contribution >= 4 is 34.3 Å². The van der Waals surface area contributed by atoms with Crippen molar-refractivity contribution in [3.8, 4) is 0 Å². The molecule has 2 aliphatic heterocycles. The molecule has 3 atom stereocenters. The quantitative estimate of drug-likeness (QED) is 0.467. The molecule has 1 N–H and O–H groups in total. The van der Waals surface area contributed by atoms with Gasteiger partial charge in [0, 0.05) is 17.7 Å². The minimum absolute atomic E-state index is 0.0217. The molecule has 0 radical (unpaired) electrons. The first kappa shape index (κ1) is 28.5. The topological polar surface area (TPSA) is 86.8 Å². The van der Waals surface area contributed by atoms with Crippen LogP contribution < -0.4 is 5.32 Å². The molecule has 41 heavy (non-hydrogen) atoms. The molecule has 3 aromatic rings. The zero-order chi connectivity index (χ0) is 29.5. The summed E-state index contributed by atoms with van der Waals surface area (Å²) >= 11 is 0. The second-order valence-electron chi connectivity index (χ2n) is 12.8. The SMILES string of the molecule is CC(C)C[C@H](NC(=O)c1ccc(C(C)(C)C)cc1)C(=O)N1CCC2[C@H]1C(=O)CN2C(=O)c1ccc2ccccc2c1. The van der Waals surface area contributed by atoms with E-state index in [4.69, 9.17) is 0 Å². The number of nitrogens with one attached hydrogen (secondary N) is 1. The molecule has 3 aromatic carbocycles. The highest BCUT2D eigenvalue weighted by Gasteiger charge is 2.52. The van der Waals surface area contributed by atoms with Crippen LogP contribution in [-0.4, -0.2) is 64.5 Å². The lowest BCUT2D eigenvalue weighted by molar-refractivity contribution is -0.138. The third-order valence-electron chi connectivity index (χ3n) is 8.29. The summed E-state index contributed by atoms with van der Waals surface area (Å²) in [5, 5.41) is 4.95. The van der Waals surface area contributed by atoms with Crippen LogP contribution in [0.4, 0.5) is 0 Å². The highest BCUT2D eigenvalue weighted by atomic mass is 16.2. The maximum Gasteiger partial charge on any atom is 0.254 e. The summed E-state index contributed by atoms with van der Waals surface area (Å²) in [6.07, 6.45) is 0.977. The van der Waals surface area contributed by atoms with Gasteiger partial charge in [0.05, 0.1) is 12.6 Å². The van der Waals surface area contributed by atoms with Gasteiger partial charge in [0.25, 0.3) is 11.8 Å². The number of carbonyl (C=O) groups is 4. The van der Waals surface area contributed by atoms with E-state index in [1.807, 2.05) is 62.4 Å². The van der Waals surface area contributed by atoms with Crippen molar-refractivity contribution in [3.05, 3.63) is 83.4 Å². The molecule has 5 rings (SSSR count). The van der Waals surface area contributed by atoms with Gasteiger partial charge >= 0.3 is 0 Å². The van der Waals surface area contributed by atoms with E-state index in [0.29, 0.717) is 30.5 Å². The number of ketones is 1. The lowest BCUT2D eigenvalue weighted by atomic mass is 9.86. The Labute approximate surface area is 241 Å². The number of amides is 3. The van der Waals surface area contributed by atoms with Crippen molar-refractivity contribution in [3.63, 3.8) is 0 Å². The average Bonchev–Trinajstić information content (AvgIpc) is 3.52. The van der Waals surface area contributed by atoms with Crippen LogP contribution in [0.25, 0.3) is 10.8 Å². The Bertz CT molecular complexity index is 1490. The minimum atomic E-state index is -0.762. The third-order valence-corrected chi connectivity index (χ3v) is 8.29. The molecule has 2 heterocycles. The minimum Gasteiger partial charge on any atom is -0.340 e. The number of likely N-dealkylation sites (tertiary alicyclic amines) is 2. The summed E-state index contributed by atoms with van der Waals surface area (Å²) in [7, 11) is 0. The summed E-state index contributed by atoms with van der Waals surface area (Å²) in [4.78, 5) is 57.1. The molecule has 2 fully saturated rings. The first-order valence-electron chi connectivity index (χ1n) is 14.5. The second kappa shape index (κ2) is 11.1. The van der Waals surface area contributed by atoms with Gasteiger partial charge in [0.1, 0.15) is 12.1 Å². The van der Waals surface area contributed by atoms with E-state index >= 15 is 0 Å². The van der Waals surface area contributed by atoms with Gasteiger partial charge in [-0.1, -0.05) is 77.1 Å². The largest absolute Gasteiger partial charge is 0.340 e. The van der Waals surface area contributed by atoms with E-state index in [1.54, 1.807) is 28.0 Å². The predicted octanol–water partition coefficient (Wildman–Crippen LogP) is 4.98. The Balaban J connectivity index is 1.32. The van der Waals surface area contributed by atoms with Crippen LogP contribution in [0.3, 0.4) is 0 Å². The Morgan fingerprint density at radius 2 is 1.56 bits per heavy atom. The van der Waals surface area contributed by atoms with Crippen molar-refractivity contribution in [2.75, 3.05) is 13.1 Å². The van der Waals surface area contributed by atoms with Gasteiger partial charge in [-0.25, -0.2) is 0 Å². The number of nitrogens with zero attached hydrogens (tertiary/aromatic N) is 2. The molecule has 2 aliphatic rings. The van der Waals surface area contributed by atoms with Crippen LogP contribution in [-0.2, 0) is 15.0 Å². The lowest BCUT2D eigenvalue weighted by Crippen LogP contribution is -2.53. The van der Waals surface area contributed by atoms with Gasteiger partial charge in [0.15, 0.2) is 5.78 Å². The van der Waals surface area contributed by atoms with E-state index < -0.39 is 12.1 Å². The van der Waals surface area contributed by atoms with E-state index in [9.17, 15) is 19.2 Å². The van der Waals surface area contributed by atoms with Crippen molar-refractivity contribution in [1.29, 1.82) is 0 Å². The van der Waals surface area contributed by atoms with Gasteiger partial charge in [-0.3, -0.25) is 19.2 Å². The maximum atomic E-state index is 13.9. The lowest BCUT2D eigenvalue weighted by Gasteiger charge is -2.29. The molecule has 2 saturated heterocycles. The molecular formula is C34H39N3O4. The van der Waals surface area contributed by atoms with E-state index in [1.165, 1.54) is 0 Å². The fourth-order valence-corrected chi connectivity index (χ4v) is 6.08. The summed E-state index contributed by atoms with van der Waals surface area (Å²) in [5.41, 5.74) is 2.11. The standard InChI is InChI=1S/C34H39N3O4/c1-21(2)18-27(35-31(39)23-12-14-26(15-13-23)34(3,4)5)33(41)36-17-16-28-30(36)29(38)20-37(28)32(40)25-11-10-22-8-6-7-9-24(22)19-25/h6-15,19,21,27-28,30H,16-18,20H2,1-5H3,(H,35,39)/t27-,28?,30-/m0/s1. The highest BCUT2D eigenvalue weighted by molar-refractivity contribution is 6.05. The summed E-state index contributed by atoms with van der Waals surface area (Å²) in [6, 6.07) is 19.0. The molecule has 0 aromatic heterocycles. The molecular weight excluding hydrogens is 514 g/mol. The Kier molecular flexibility index (Phi) is 7.73. The summed E-state index contributed by atoms with van der Waals surface area (Å²) < 4.78 is 0. The van der Waals surface area contributed by atoms with Crippen LogP contribution in [0.2, 0.25) is 0 Å². The maximum absolute atomic E-state index is 13.9. The molecule has 214 valence electrons. The molecule has 3 amide bonds. The summed E-state index contributed by atoms with van der Waals surface area (Å²) in [6.45, 7) is 10.7. The highest BCUT2D eigenvalue weighted by Crippen LogP contribution is 2.32.